The fraction of sp³-hybridized carbons (Fsp3) is 0.143. The topological polar surface area (TPSA) is 115 Å². The minimum atomic E-state index is -3.84. The second kappa shape index (κ2) is 3.83. The summed E-state index contributed by atoms with van der Waals surface area (Å²) in [4.78, 5) is 9.40. The third-order valence-corrected chi connectivity index (χ3v) is 3.20. The van der Waals surface area contributed by atoms with E-state index in [1.807, 2.05) is 4.72 Å². The molecule has 3 N–H and O–H groups in total. The normalized spacial score (nSPS) is 11.3. The van der Waals surface area contributed by atoms with Crippen LogP contribution in [0.15, 0.2) is 23.1 Å². The molecule has 1 aromatic rings. The molecule has 0 heterocycles. The summed E-state index contributed by atoms with van der Waals surface area (Å²) < 4.78 is 24.8. The summed E-state index contributed by atoms with van der Waals surface area (Å²) in [6.07, 6.45) is 0. The zero-order chi connectivity index (χ0) is 11.6. The number of nitrogens with one attached hydrogen (secondary N) is 1. The first-order chi connectivity index (χ1) is 6.88. The van der Waals surface area contributed by atoms with Crippen LogP contribution in [0.5, 0.6) is 0 Å². The molecule has 0 aliphatic heterocycles. The number of hydrogen-bond acceptors (Lipinski definition) is 5. The van der Waals surface area contributed by atoms with E-state index in [0.29, 0.717) is 0 Å². The highest BCUT2D eigenvalue weighted by Crippen LogP contribution is 2.25. The molecular formula is C7H9N3O4S. The number of benzene rings is 1. The number of rotatable bonds is 3. The first kappa shape index (κ1) is 11.4. The molecule has 0 spiro atoms. The molecule has 7 nitrogen and oxygen atoms in total. The van der Waals surface area contributed by atoms with Crippen molar-refractivity contribution in [1.29, 1.82) is 0 Å². The summed E-state index contributed by atoms with van der Waals surface area (Å²) in [5, 5.41) is 10.6. The van der Waals surface area contributed by atoms with Gasteiger partial charge in [0.2, 0.25) is 10.0 Å². The molecule has 0 aliphatic carbocycles. The maximum Gasteiger partial charge on any atom is 0.291 e. The number of anilines is 1. The van der Waals surface area contributed by atoms with Gasteiger partial charge in [0.15, 0.2) is 4.90 Å². The standard InChI is InChI=1S/C7H9N3O4S/c1-9-15(13,14)7-3-2-5(8)4-6(7)10(11)12/h2-4,9H,8H2,1H3. The lowest BCUT2D eigenvalue weighted by Crippen LogP contribution is -2.19. The Morgan fingerprint density at radius 3 is 2.53 bits per heavy atom. The van der Waals surface area contributed by atoms with Gasteiger partial charge in [-0.25, -0.2) is 13.1 Å². The summed E-state index contributed by atoms with van der Waals surface area (Å²) in [5.74, 6) is 0. The van der Waals surface area contributed by atoms with Gasteiger partial charge in [-0.15, -0.1) is 0 Å². The Kier molecular flexibility index (Phi) is 2.91. The first-order valence-corrected chi connectivity index (χ1v) is 5.34. The maximum atomic E-state index is 11.4. The highest BCUT2D eigenvalue weighted by Gasteiger charge is 2.24. The van der Waals surface area contributed by atoms with Crippen LogP contribution in [0.1, 0.15) is 0 Å². The second-order valence-corrected chi connectivity index (χ2v) is 4.55. The number of nitro benzene ring substituents is 1. The monoisotopic (exact) mass is 231 g/mol. The average Bonchev–Trinajstić information content (AvgIpc) is 2.17. The van der Waals surface area contributed by atoms with Crippen molar-refractivity contribution in [1.82, 2.24) is 4.72 Å². The SMILES string of the molecule is CNS(=O)(=O)c1ccc(N)cc1[N+](=O)[O-]. The van der Waals surface area contributed by atoms with Crippen molar-refractivity contribution in [2.75, 3.05) is 12.8 Å². The van der Waals surface area contributed by atoms with E-state index in [4.69, 9.17) is 5.73 Å². The van der Waals surface area contributed by atoms with Crippen LogP contribution >= 0.6 is 0 Å². The van der Waals surface area contributed by atoms with E-state index in [9.17, 15) is 18.5 Å². The molecule has 0 aromatic heterocycles. The van der Waals surface area contributed by atoms with Crippen LogP contribution in [0.2, 0.25) is 0 Å². The Bertz CT molecular complexity index is 497. The van der Waals surface area contributed by atoms with Gasteiger partial charge in [-0.1, -0.05) is 0 Å². The predicted molar refractivity (Wildman–Crippen MR) is 53.8 cm³/mol. The van der Waals surface area contributed by atoms with Crippen LogP contribution in [-0.2, 0) is 10.0 Å². The zero-order valence-electron chi connectivity index (χ0n) is 7.80. The highest BCUT2D eigenvalue weighted by atomic mass is 32.2. The van der Waals surface area contributed by atoms with Crippen molar-refractivity contribution in [3.05, 3.63) is 28.3 Å². The minimum Gasteiger partial charge on any atom is -0.399 e. The Morgan fingerprint density at radius 1 is 1.47 bits per heavy atom. The van der Waals surface area contributed by atoms with E-state index >= 15 is 0 Å². The van der Waals surface area contributed by atoms with Gasteiger partial charge in [-0.05, 0) is 19.2 Å². The van der Waals surface area contributed by atoms with E-state index in [1.165, 1.54) is 13.1 Å². The summed E-state index contributed by atoms with van der Waals surface area (Å²) >= 11 is 0. The minimum absolute atomic E-state index is 0.136. The lowest BCUT2D eigenvalue weighted by molar-refractivity contribution is -0.387. The number of nitro groups is 1. The molecule has 82 valence electrons. The number of nitrogen functional groups attached to an aromatic ring is 1. The van der Waals surface area contributed by atoms with Gasteiger partial charge in [0, 0.05) is 11.8 Å². The fourth-order valence-corrected chi connectivity index (χ4v) is 1.89. The number of nitrogens with zero attached hydrogens (tertiary/aromatic N) is 1. The van der Waals surface area contributed by atoms with E-state index in [-0.39, 0.29) is 5.69 Å². The molecule has 0 bridgehead atoms. The molecule has 0 fully saturated rings. The van der Waals surface area contributed by atoms with Crippen molar-refractivity contribution in [2.45, 2.75) is 4.90 Å². The van der Waals surface area contributed by atoms with E-state index in [2.05, 4.69) is 0 Å². The van der Waals surface area contributed by atoms with Crippen molar-refractivity contribution < 1.29 is 13.3 Å². The molecule has 0 saturated carbocycles. The molecule has 0 radical (unpaired) electrons. The molecule has 8 heteroatoms. The van der Waals surface area contributed by atoms with Gasteiger partial charge in [-0.2, -0.15) is 0 Å². The van der Waals surface area contributed by atoms with E-state index in [1.54, 1.807) is 0 Å². The number of nitrogens with two attached hydrogens (primary N) is 1. The van der Waals surface area contributed by atoms with Crippen LogP contribution in [0.4, 0.5) is 11.4 Å². The molecule has 0 saturated heterocycles. The van der Waals surface area contributed by atoms with Crippen LogP contribution in [-0.4, -0.2) is 20.4 Å². The smallest absolute Gasteiger partial charge is 0.291 e. The van der Waals surface area contributed by atoms with E-state index in [0.717, 1.165) is 12.1 Å². The van der Waals surface area contributed by atoms with Crippen LogP contribution in [0.3, 0.4) is 0 Å². The van der Waals surface area contributed by atoms with Gasteiger partial charge < -0.3 is 5.73 Å². The summed E-state index contributed by atoms with van der Waals surface area (Å²) in [5.41, 5.74) is 4.93. The average molecular weight is 231 g/mol. The molecule has 15 heavy (non-hydrogen) atoms. The summed E-state index contributed by atoms with van der Waals surface area (Å²) in [6, 6.07) is 3.39. The Labute approximate surface area is 86.1 Å². The van der Waals surface area contributed by atoms with Gasteiger partial charge in [0.05, 0.1) is 4.92 Å². The second-order valence-electron chi connectivity index (χ2n) is 2.69. The molecule has 0 unspecified atom stereocenters. The van der Waals surface area contributed by atoms with E-state index < -0.39 is 25.5 Å². The summed E-state index contributed by atoms with van der Waals surface area (Å²) in [7, 11) is -2.66. The number of sulfonamides is 1. The summed E-state index contributed by atoms with van der Waals surface area (Å²) in [6.45, 7) is 0. The Morgan fingerprint density at radius 2 is 2.07 bits per heavy atom. The molecule has 0 atom stereocenters. The fourth-order valence-electron chi connectivity index (χ4n) is 1.01. The number of hydrogen-bond donors (Lipinski definition) is 2. The third kappa shape index (κ3) is 2.22. The van der Waals surface area contributed by atoms with Crippen molar-refractivity contribution in [2.24, 2.45) is 0 Å². The van der Waals surface area contributed by atoms with Crippen LogP contribution in [0.25, 0.3) is 0 Å². The highest BCUT2D eigenvalue weighted by molar-refractivity contribution is 7.89. The van der Waals surface area contributed by atoms with Crippen LogP contribution < -0.4 is 10.5 Å². The zero-order valence-corrected chi connectivity index (χ0v) is 8.61. The third-order valence-electron chi connectivity index (χ3n) is 1.74. The quantitative estimate of drug-likeness (QED) is 0.434. The van der Waals surface area contributed by atoms with Gasteiger partial charge in [0.1, 0.15) is 0 Å². The van der Waals surface area contributed by atoms with Gasteiger partial charge in [0.25, 0.3) is 5.69 Å². The lowest BCUT2D eigenvalue weighted by atomic mass is 10.3. The molecular weight excluding hydrogens is 222 g/mol. The molecule has 1 rings (SSSR count). The van der Waals surface area contributed by atoms with Crippen molar-refractivity contribution in [3.63, 3.8) is 0 Å². The van der Waals surface area contributed by atoms with Gasteiger partial charge in [-0.3, -0.25) is 10.1 Å². The van der Waals surface area contributed by atoms with Gasteiger partial charge >= 0.3 is 0 Å². The largest absolute Gasteiger partial charge is 0.399 e. The molecule has 1 aromatic carbocycles. The Balaban J connectivity index is 3.49. The predicted octanol–water partition coefficient (Wildman–Crippen LogP) is 0.0851. The molecule has 0 aliphatic rings. The van der Waals surface area contributed by atoms with Crippen molar-refractivity contribution >= 4 is 21.4 Å². The molecule has 0 amide bonds. The maximum absolute atomic E-state index is 11.4. The van der Waals surface area contributed by atoms with Crippen LogP contribution in [0, 0.1) is 10.1 Å². The first-order valence-electron chi connectivity index (χ1n) is 3.86. The lowest BCUT2D eigenvalue weighted by Gasteiger charge is -2.03. The Hall–Kier alpha value is -1.67. The van der Waals surface area contributed by atoms with Crippen molar-refractivity contribution in [3.8, 4) is 0 Å².